The molecule has 1 aliphatic heterocycles. The van der Waals surface area contributed by atoms with Crippen LogP contribution in [-0.2, 0) is 20.8 Å². The maximum atomic E-state index is 12.3. The average molecular weight is 290 g/mol. The van der Waals surface area contributed by atoms with Gasteiger partial charge in [-0.1, -0.05) is 18.2 Å². The van der Waals surface area contributed by atoms with Crippen LogP contribution in [0.5, 0.6) is 0 Å². The highest BCUT2D eigenvalue weighted by Gasteiger charge is 2.34. The van der Waals surface area contributed by atoms with Crippen molar-refractivity contribution in [3.63, 3.8) is 0 Å². The third-order valence-corrected chi connectivity index (χ3v) is 3.71. The lowest BCUT2D eigenvalue weighted by Gasteiger charge is -2.32. The first-order valence-electron chi connectivity index (χ1n) is 6.73. The molecule has 0 spiro atoms. The standard InChI is InChI=1S/C15H18N2O4/c1-9-3-4-11(5-10(9)2)6-14(19)17-8-13(18)16-7-12(17)15(20)21/h3-5,12H,6-8H2,1-2H3,(H,16,18)(H,20,21). The Bertz CT molecular complexity index is 597. The van der Waals surface area contributed by atoms with E-state index in [1.54, 1.807) is 0 Å². The van der Waals surface area contributed by atoms with Crippen LogP contribution in [0.15, 0.2) is 18.2 Å². The van der Waals surface area contributed by atoms with Crippen LogP contribution < -0.4 is 5.32 Å². The van der Waals surface area contributed by atoms with E-state index < -0.39 is 12.0 Å². The molecule has 1 aliphatic rings. The lowest BCUT2D eigenvalue weighted by molar-refractivity contribution is -0.153. The number of hydrogen-bond donors (Lipinski definition) is 2. The number of piperazine rings is 1. The first kappa shape index (κ1) is 15.0. The summed E-state index contributed by atoms with van der Waals surface area (Å²) >= 11 is 0. The molecule has 112 valence electrons. The van der Waals surface area contributed by atoms with Crippen LogP contribution in [0.4, 0.5) is 0 Å². The number of hydrogen-bond acceptors (Lipinski definition) is 3. The third kappa shape index (κ3) is 3.39. The fraction of sp³-hybridized carbons (Fsp3) is 0.400. The highest BCUT2D eigenvalue weighted by molar-refractivity contribution is 5.91. The van der Waals surface area contributed by atoms with Gasteiger partial charge in [-0.15, -0.1) is 0 Å². The molecule has 21 heavy (non-hydrogen) atoms. The maximum Gasteiger partial charge on any atom is 0.328 e. The minimum Gasteiger partial charge on any atom is -0.480 e. The number of aryl methyl sites for hydroxylation is 2. The predicted molar refractivity (Wildman–Crippen MR) is 75.8 cm³/mol. The van der Waals surface area contributed by atoms with Gasteiger partial charge in [0, 0.05) is 6.54 Å². The van der Waals surface area contributed by atoms with Gasteiger partial charge in [0.25, 0.3) is 0 Å². The summed E-state index contributed by atoms with van der Waals surface area (Å²) in [7, 11) is 0. The summed E-state index contributed by atoms with van der Waals surface area (Å²) in [5.41, 5.74) is 3.02. The number of carboxylic acids is 1. The molecule has 1 aromatic carbocycles. The summed E-state index contributed by atoms with van der Waals surface area (Å²) < 4.78 is 0. The quantitative estimate of drug-likeness (QED) is 0.836. The molecule has 6 nitrogen and oxygen atoms in total. The number of carboxylic acid groups (broad SMARTS) is 1. The highest BCUT2D eigenvalue weighted by Crippen LogP contribution is 2.13. The van der Waals surface area contributed by atoms with Crippen LogP contribution >= 0.6 is 0 Å². The van der Waals surface area contributed by atoms with Crippen LogP contribution in [0.2, 0.25) is 0 Å². The molecule has 0 bridgehead atoms. The van der Waals surface area contributed by atoms with Gasteiger partial charge < -0.3 is 15.3 Å². The van der Waals surface area contributed by atoms with E-state index in [0.29, 0.717) is 0 Å². The summed E-state index contributed by atoms with van der Waals surface area (Å²) in [5.74, 6) is -1.79. The molecule has 1 fully saturated rings. The van der Waals surface area contributed by atoms with Crippen molar-refractivity contribution in [2.45, 2.75) is 26.3 Å². The molecular weight excluding hydrogens is 272 g/mol. The van der Waals surface area contributed by atoms with Crippen LogP contribution in [0.1, 0.15) is 16.7 Å². The van der Waals surface area contributed by atoms with Crippen molar-refractivity contribution in [3.05, 3.63) is 34.9 Å². The number of rotatable bonds is 3. The van der Waals surface area contributed by atoms with Crippen molar-refractivity contribution in [2.24, 2.45) is 0 Å². The van der Waals surface area contributed by atoms with E-state index in [0.717, 1.165) is 21.6 Å². The average Bonchev–Trinajstić information content (AvgIpc) is 2.42. The van der Waals surface area contributed by atoms with Gasteiger partial charge in [-0.05, 0) is 30.5 Å². The molecule has 2 rings (SSSR count). The second-order valence-corrected chi connectivity index (χ2v) is 5.28. The normalized spacial score (nSPS) is 18.3. The zero-order chi connectivity index (χ0) is 15.6. The molecule has 1 unspecified atom stereocenters. The number of amides is 2. The number of nitrogens with one attached hydrogen (secondary N) is 1. The Labute approximate surface area is 122 Å². The van der Waals surface area contributed by atoms with Crippen molar-refractivity contribution in [2.75, 3.05) is 13.1 Å². The van der Waals surface area contributed by atoms with E-state index in [-0.39, 0.29) is 31.3 Å². The Morgan fingerprint density at radius 2 is 2.05 bits per heavy atom. The predicted octanol–water partition coefficient (Wildman–Crippen LogP) is 0.258. The summed E-state index contributed by atoms with van der Waals surface area (Å²) in [4.78, 5) is 36.0. The van der Waals surface area contributed by atoms with Gasteiger partial charge in [0.1, 0.15) is 12.6 Å². The topological polar surface area (TPSA) is 86.7 Å². The number of carbonyl (C=O) groups excluding carboxylic acids is 2. The lowest BCUT2D eigenvalue weighted by atomic mass is 10.0. The van der Waals surface area contributed by atoms with Crippen molar-refractivity contribution in [1.29, 1.82) is 0 Å². The first-order chi connectivity index (χ1) is 9.88. The fourth-order valence-corrected chi connectivity index (χ4v) is 2.31. The highest BCUT2D eigenvalue weighted by atomic mass is 16.4. The Morgan fingerprint density at radius 3 is 2.67 bits per heavy atom. The minimum absolute atomic E-state index is 0.0488. The van der Waals surface area contributed by atoms with Crippen molar-refractivity contribution >= 4 is 17.8 Å². The van der Waals surface area contributed by atoms with Gasteiger partial charge in [-0.25, -0.2) is 4.79 Å². The molecule has 2 N–H and O–H groups in total. The van der Waals surface area contributed by atoms with Gasteiger partial charge in [0.2, 0.25) is 11.8 Å². The molecule has 1 heterocycles. The molecule has 1 atom stereocenters. The van der Waals surface area contributed by atoms with Crippen LogP contribution in [0, 0.1) is 13.8 Å². The monoisotopic (exact) mass is 290 g/mol. The molecule has 2 amide bonds. The Morgan fingerprint density at radius 1 is 1.33 bits per heavy atom. The molecule has 1 aromatic rings. The number of nitrogens with zero attached hydrogens (tertiary/aromatic N) is 1. The van der Waals surface area contributed by atoms with Crippen molar-refractivity contribution in [3.8, 4) is 0 Å². The molecule has 6 heteroatoms. The van der Waals surface area contributed by atoms with Crippen LogP contribution in [-0.4, -0.2) is 46.9 Å². The summed E-state index contributed by atoms with van der Waals surface area (Å²) in [6, 6.07) is 4.68. The number of carbonyl (C=O) groups is 3. The van der Waals surface area contributed by atoms with Gasteiger partial charge in [-0.2, -0.15) is 0 Å². The Hall–Kier alpha value is -2.37. The van der Waals surface area contributed by atoms with E-state index in [1.807, 2.05) is 32.0 Å². The summed E-state index contributed by atoms with van der Waals surface area (Å²) in [6.07, 6.45) is 0.0954. The minimum atomic E-state index is -1.11. The third-order valence-electron chi connectivity index (χ3n) is 3.71. The number of aliphatic carboxylic acids is 1. The molecule has 1 saturated heterocycles. The maximum absolute atomic E-state index is 12.3. The van der Waals surface area contributed by atoms with Gasteiger partial charge in [0.05, 0.1) is 6.42 Å². The van der Waals surface area contributed by atoms with Gasteiger partial charge >= 0.3 is 5.97 Å². The van der Waals surface area contributed by atoms with Crippen molar-refractivity contribution < 1.29 is 19.5 Å². The first-order valence-corrected chi connectivity index (χ1v) is 6.73. The lowest BCUT2D eigenvalue weighted by Crippen LogP contribution is -2.59. The molecule has 0 saturated carbocycles. The van der Waals surface area contributed by atoms with E-state index in [4.69, 9.17) is 5.11 Å². The SMILES string of the molecule is Cc1ccc(CC(=O)N2CC(=O)NCC2C(=O)O)cc1C. The molecular formula is C15H18N2O4. The summed E-state index contributed by atoms with van der Waals surface area (Å²) in [5, 5.41) is 11.6. The zero-order valence-electron chi connectivity index (χ0n) is 12.0. The zero-order valence-corrected chi connectivity index (χ0v) is 12.0. The van der Waals surface area contributed by atoms with Gasteiger partial charge in [-0.3, -0.25) is 9.59 Å². The molecule has 0 aliphatic carbocycles. The summed E-state index contributed by atoms with van der Waals surface area (Å²) in [6.45, 7) is 3.68. The molecule has 0 aromatic heterocycles. The fourth-order valence-electron chi connectivity index (χ4n) is 2.31. The second-order valence-electron chi connectivity index (χ2n) is 5.28. The second kappa shape index (κ2) is 5.95. The Balaban J connectivity index is 2.14. The van der Waals surface area contributed by atoms with E-state index in [9.17, 15) is 14.4 Å². The Kier molecular flexibility index (Phi) is 4.26. The largest absolute Gasteiger partial charge is 0.480 e. The molecule has 0 radical (unpaired) electrons. The number of benzene rings is 1. The van der Waals surface area contributed by atoms with Crippen LogP contribution in [0.3, 0.4) is 0 Å². The van der Waals surface area contributed by atoms with E-state index in [2.05, 4.69) is 5.32 Å². The van der Waals surface area contributed by atoms with E-state index >= 15 is 0 Å². The van der Waals surface area contributed by atoms with E-state index in [1.165, 1.54) is 0 Å². The van der Waals surface area contributed by atoms with Crippen LogP contribution in [0.25, 0.3) is 0 Å². The smallest absolute Gasteiger partial charge is 0.328 e. The van der Waals surface area contributed by atoms with Gasteiger partial charge in [0.15, 0.2) is 0 Å². The van der Waals surface area contributed by atoms with Crippen molar-refractivity contribution in [1.82, 2.24) is 10.2 Å².